The quantitative estimate of drug-likeness (QED) is 0.606. The van der Waals surface area contributed by atoms with Gasteiger partial charge in [0.05, 0.1) is 11.5 Å². The lowest BCUT2D eigenvalue weighted by molar-refractivity contribution is -0.385. The summed E-state index contributed by atoms with van der Waals surface area (Å²) in [6.45, 7) is 2.86. The summed E-state index contributed by atoms with van der Waals surface area (Å²) in [6, 6.07) is 13.4. The second-order valence-corrected chi connectivity index (χ2v) is 5.01. The predicted molar refractivity (Wildman–Crippen MR) is 86.5 cm³/mol. The van der Waals surface area contributed by atoms with E-state index < -0.39 is 4.92 Å². The van der Waals surface area contributed by atoms with Gasteiger partial charge in [0.15, 0.2) is 0 Å². The minimum atomic E-state index is -0.544. The third-order valence-corrected chi connectivity index (χ3v) is 3.33. The van der Waals surface area contributed by atoms with Crippen LogP contribution in [-0.2, 0) is 6.54 Å². The minimum Gasteiger partial charge on any atom is -0.494 e. The summed E-state index contributed by atoms with van der Waals surface area (Å²) in [4.78, 5) is 24.4. The van der Waals surface area contributed by atoms with Crippen molar-refractivity contribution in [2.45, 2.75) is 13.5 Å². The van der Waals surface area contributed by atoms with Gasteiger partial charge in [-0.2, -0.15) is 0 Å². The van der Waals surface area contributed by atoms with Gasteiger partial charge in [-0.1, -0.05) is 24.3 Å². The molecule has 6 nitrogen and oxygen atoms in total. The molecule has 0 atom stereocenters. The lowest BCUT2D eigenvalue weighted by atomic mass is 10.1. The third kappa shape index (κ3) is 4.06. The first-order chi connectivity index (χ1) is 11.0. The Morgan fingerprint density at radius 3 is 2.43 bits per heavy atom. The van der Waals surface area contributed by atoms with Crippen LogP contribution in [-0.4, -0.2) is 29.4 Å². The highest BCUT2D eigenvalue weighted by Gasteiger charge is 2.22. The monoisotopic (exact) mass is 314 g/mol. The Hall–Kier alpha value is -2.89. The van der Waals surface area contributed by atoms with Crippen LogP contribution in [0.1, 0.15) is 22.8 Å². The molecule has 0 radical (unpaired) electrons. The van der Waals surface area contributed by atoms with Crippen molar-refractivity contribution in [3.63, 3.8) is 0 Å². The summed E-state index contributed by atoms with van der Waals surface area (Å²) >= 11 is 0. The first kappa shape index (κ1) is 16.5. The highest BCUT2D eigenvalue weighted by Crippen LogP contribution is 2.20. The van der Waals surface area contributed by atoms with Gasteiger partial charge in [-0.3, -0.25) is 14.9 Å². The van der Waals surface area contributed by atoms with Crippen LogP contribution in [0.3, 0.4) is 0 Å². The predicted octanol–water partition coefficient (Wildman–Crippen LogP) is 3.27. The van der Waals surface area contributed by atoms with Crippen LogP contribution in [0.5, 0.6) is 5.75 Å². The molecule has 0 saturated carbocycles. The molecule has 0 saturated heterocycles. The smallest absolute Gasteiger partial charge is 0.282 e. The van der Waals surface area contributed by atoms with Gasteiger partial charge in [0.1, 0.15) is 11.3 Å². The van der Waals surface area contributed by atoms with E-state index in [2.05, 4.69) is 0 Å². The molecule has 120 valence electrons. The Bertz CT molecular complexity index is 698. The number of nitro groups is 1. The maximum absolute atomic E-state index is 12.4. The van der Waals surface area contributed by atoms with Crippen molar-refractivity contribution in [3.8, 4) is 5.75 Å². The van der Waals surface area contributed by atoms with E-state index >= 15 is 0 Å². The zero-order valence-corrected chi connectivity index (χ0v) is 13.1. The molecule has 0 N–H and O–H groups in total. The second kappa shape index (κ2) is 7.40. The van der Waals surface area contributed by atoms with Crippen LogP contribution in [0, 0.1) is 10.1 Å². The number of carbonyl (C=O) groups excluding carboxylic acids is 1. The number of nitrogens with zero attached hydrogens (tertiary/aromatic N) is 2. The molecule has 0 spiro atoms. The van der Waals surface area contributed by atoms with Crippen LogP contribution in [0.15, 0.2) is 48.5 Å². The molecule has 0 aliphatic carbocycles. The average Bonchev–Trinajstić information content (AvgIpc) is 2.56. The van der Waals surface area contributed by atoms with Crippen molar-refractivity contribution in [1.29, 1.82) is 0 Å². The van der Waals surface area contributed by atoms with Gasteiger partial charge in [-0.25, -0.2) is 0 Å². The molecule has 23 heavy (non-hydrogen) atoms. The molecule has 0 aromatic heterocycles. The minimum absolute atomic E-state index is 0.0888. The van der Waals surface area contributed by atoms with Gasteiger partial charge in [-0.05, 0) is 30.7 Å². The lowest BCUT2D eigenvalue weighted by Gasteiger charge is -2.17. The van der Waals surface area contributed by atoms with Crippen molar-refractivity contribution in [2.24, 2.45) is 0 Å². The third-order valence-electron chi connectivity index (χ3n) is 3.33. The summed E-state index contributed by atoms with van der Waals surface area (Å²) in [5, 5.41) is 11.0. The Kier molecular flexibility index (Phi) is 5.30. The van der Waals surface area contributed by atoms with Gasteiger partial charge in [0.25, 0.3) is 11.6 Å². The number of nitro benzene ring substituents is 1. The highest BCUT2D eigenvalue weighted by atomic mass is 16.6. The number of carbonyl (C=O) groups is 1. The number of hydrogen-bond acceptors (Lipinski definition) is 4. The molecular weight excluding hydrogens is 296 g/mol. The first-order valence-corrected chi connectivity index (χ1v) is 7.23. The summed E-state index contributed by atoms with van der Waals surface area (Å²) < 4.78 is 5.37. The van der Waals surface area contributed by atoms with Crippen molar-refractivity contribution >= 4 is 11.6 Å². The molecule has 0 aliphatic rings. The van der Waals surface area contributed by atoms with Gasteiger partial charge in [-0.15, -0.1) is 0 Å². The maximum Gasteiger partial charge on any atom is 0.282 e. The number of amides is 1. The molecule has 0 heterocycles. The Morgan fingerprint density at radius 1 is 1.17 bits per heavy atom. The molecule has 1 amide bonds. The van der Waals surface area contributed by atoms with Crippen molar-refractivity contribution in [2.75, 3.05) is 13.7 Å². The molecule has 0 aliphatic heterocycles. The van der Waals surface area contributed by atoms with Crippen LogP contribution in [0.4, 0.5) is 5.69 Å². The van der Waals surface area contributed by atoms with E-state index in [4.69, 9.17) is 4.74 Å². The fourth-order valence-corrected chi connectivity index (χ4v) is 2.22. The molecule has 0 bridgehead atoms. The van der Waals surface area contributed by atoms with Crippen molar-refractivity contribution < 1.29 is 14.5 Å². The Morgan fingerprint density at radius 2 is 1.83 bits per heavy atom. The largest absolute Gasteiger partial charge is 0.494 e. The maximum atomic E-state index is 12.4. The number of para-hydroxylation sites is 1. The van der Waals surface area contributed by atoms with E-state index in [-0.39, 0.29) is 17.2 Å². The number of ether oxygens (including phenoxy) is 1. The van der Waals surface area contributed by atoms with E-state index in [1.807, 2.05) is 31.2 Å². The molecular formula is C17H18N2O4. The van der Waals surface area contributed by atoms with Gasteiger partial charge in [0, 0.05) is 19.7 Å². The zero-order valence-electron chi connectivity index (χ0n) is 13.1. The topological polar surface area (TPSA) is 72.7 Å². The van der Waals surface area contributed by atoms with E-state index in [1.165, 1.54) is 17.0 Å². The molecule has 2 rings (SSSR count). The number of benzene rings is 2. The SMILES string of the molecule is CCOc1ccc(CN(C)C(=O)c2ccccc2[N+](=O)[O-])cc1. The van der Waals surface area contributed by atoms with E-state index in [1.54, 1.807) is 19.2 Å². The van der Waals surface area contributed by atoms with Crippen LogP contribution in [0.25, 0.3) is 0 Å². The van der Waals surface area contributed by atoms with E-state index in [0.29, 0.717) is 13.2 Å². The van der Waals surface area contributed by atoms with Gasteiger partial charge in [0.2, 0.25) is 0 Å². The zero-order chi connectivity index (χ0) is 16.8. The van der Waals surface area contributed by atoms with Crippen LogP contribution in [0.2, 0.25) is 0 Å². The van der Waals surface area contributed by atoms with E-state index in [0.717, 1.165) is 11.3 Å². The van der Waals surface area contributed by atoms with Gasteiger partial charge < -0.3 is 9.64 Å². The molecule has 6 heteroatoms. The summed E-state index contributed by atoms with van der Waals surface area (Å²) in [7, 11) is 1.62. The van der Waals surface area contributed by atoms with Crippen LogP contribution < -0.4 is 4.74 Å². The average molecular weight is 314 g/mol. The second-order valence-electron chi connectivity index (χ2n) is 5.01. The number of rotatable bonds is 6. The fourth-order valence-electron chi connectivity index (χ4n) is 2.22. The Labute approximate surface area is 134 Å². The normalized spacial score (nSPS) is 10.2. The Balaban J connectivity index is 2.12. The first-order valence-electron chi connectivity index (χ1n) is 7.23. The van der Waals surface area contributed by atoms with Crippen molar-refractivity contribution in [1.82, 2.24) is 4.90 Å². The molecule has 0 fully saturated rings. The highest BCUT2D eigenvalue weighted by molar-refractivity contribution is 5.97. The van der Waals surface area contributed by atoms with E-state index in [9.17, 15) is 14.9 Å². The standard InChI is InChI=1S/C17H18N2O4/c1-3-23-14-10-8-13(9-11-14)12-18(2)17(20)15-6-4-5-7-16(15)19(21)22/h4-11H,3,12H2,1-2H3. The van der Waals surface area contributed by atoms with Crippen molar-refractivity contribution in [3.05, 3.63) is 69.8 Å². The summed E-state index contributed by atoms with van der Waals surface area (Å²) in [5.74, 6) is 0.384. The van der Waals surface area contributed by atoms with Gasteiger partial charge >= 0.3 is 0 Å². The van der Waals surface area contributed by atoms with Crippen LogP contribution >= 0.6 is 0 Å². The molecule has 0 unspecified atom stereocenters. The molecule has 2 aromatic rings. The summed E-state index contributed by atoms with van der Waals surface area (Å²) in [6.07, 6.45) is 0. The summed E-state index contributed by atoms with van der Waals surface area (Å²) in [5.41, 5.74) is 0.824. The lowest BCUT2D eigenvalue weighted by Crippen LogP contribution is -2.26. The molecule has 2 aromatic carbocycles. The fraction of sp³-hybridized carbons (Fsp3) is 0.235. The number of hydrogen-bond donors (Lipinski definition) is 0.